The minimum absolute atomic E-state index is 0.0265. The van der Waals surface area contributed by atoms with Crippen LogP contribution in [-0.4, -0.2) is 25.6 Å². The molecule has 0 heterocycles. The minimum Gasteiger partial charge on any atom is -0.483 e. The van der Waals surface area contributed by atoms with Crippen LogP contribution in [0.3, 0.4) is 0 Å². The van der Waals surface area contributed by atoms with Crippen molar-refractivity contribution >= 4 is 21.8 Å². The summed E-state index contributed by atoms with van der Waals surface area (Å²) in [4.78, 5) is 11.1. The van der Waals surface area contributed by atoms with Crippen molar-refractivity contribution in [1.29, 1.82) is 0 Å². The zero-order valence-corrected chi connectivity index (χ0v) is 12.5. The van der Waals surface area contributed by atoms with Gasteiger partial charge in [0, 0.05) is 19.6 Å². The van der Waals surface area contributed by atoms with E-state index in [1.54, 1.807) is 7.05 Å². The average Bonchev–Trinajstić information content (AvgIpc) is 2.34. The molecule has 1 rings (SSSR count). The lowest BCUT2D eigenvalue weighted by atomic mass is 10.2. The summed E-state index contributed by atoms with van der Waals surface area (Å²) >= 11 is 3.44. The van der Waals surface area contributed by atoms with Crippen LogP contribution in [-0.2, 0) is 11.3 Å². The van der Waals surface area contributed by atoms with E-state index in [0.29, 0.717) is 11.8 Å². The maximum Gasteiger partial charge on any atom is 0.257 e. The van der Waals surface area contributed by atoms with Gasteiger partial charge in [0.15, 0.2) is 6.61 Å². The second kappa shape index (κ2) is 7.38. The number of rotatable bonds is 6. The molecule has 100 valence electrons. The summed E-state index contributed by atoms with van der Waals surface area (Å²) in [7, 11) is 1.58. The van der Waals surface area contributed by atoms with Crippen LogP contribution in [0.25, 0.3) is 0 Å². The van der Waals surface area contributed by atoms with E-state index < -0.39 is 0 Å². The Hall–Kier alpha value is -1.07. The third-order valence-electron chi connectivity index (χ3n) is 2.35. The van der Waals surface area contributed by atoms with Crippen LogP contribution < -0.4 is 15.4 Å². The molecule has 1 aromatic rings. The molecule has 0 fully saturated rings. The lowest BCUT2D eigenvalue weighted by molar-refractivity contribution is -0.122. The molecule has 0 atom stereocenters. The number of amides is 1. The average molecular weight is 315 g/mol. The fraction of sp³-hybridized carbons (Fsp3) is 0.462. The number of ether oxygens (including phenoxy) is 1. The standard InChI is InChI=1S/C13H19BrN2O2/c1-9(2)16-7-10-4-5-12(11(14)6-10)18-8-13(17)15-3/h4-6,9,16H,7-8H2,1-3H3,(H,15,17). The Bertz CT molecular complexity index is 408. The molecule has 0 aliphatic carbocycles. The van der Waals surface area contributed by atoms with Gasteiger partial charge in [-0.15, -0.1) is 0 Å². The first-order valence-corrected chi connectivity index (χ1v) is 6.67. The maximum absolute atomic E-state index is 11.1. The van der Waals surface area contributed by atoms with E-state index in [1.165, 1.54) is 5.56 Å². The van der Waals surface area contributed by atoms with E-state index in [9.17, 15) is 4.79 Å². The quantitative estimate of drug-likeness (QED) is 0.845. The highest BCUT2D eigenvalue weighted by atomic mass is 79.9. The molecular weight excluding hydrogens is 296 g/mol. The SMILES string of the molecule is CNC(=O)COc1ccc(CNC(C)C)cc1Br. The highest BCUT2D eigenvalue weighted by molar-refractivity contribution is 9.10. The smallest absolute Gasteiger partial charge is 0.257 e. The second-order valence-corrected chi connectivity index (χ2v) is 5.12. The van der Waals surface area contributed by atoms with Gasteiger partial charge in [0.1, 0.15) is 5.75 Å². The summed E-state index contributed by atoms with van der Waals surface area (Å²) in [6.07, 6.45) is 0. The van der Waals surface area contributed by atoms with Gasteiger partial charge in [-0.3, -0.25) is 4.79 Å². The van der Waals surface area contributed by atoms with Crippen molar-refractivity contribution in [1.82, 2.24) is 10.6 Å². The monoisotopic (exact) mass is 314 g/mol. The van der Waals surface area contributed by atoms with Crippen molar-refractivity contribution in [3.8, 4) is 5.75 Å². The molecule has 0 radical (unpaired) electrons. The van der Waals surface area contributed by atoms with Crippen LogP contribution in [0.15, 0.2) is 22.7 Å². The Kier molecular flexibility index (Phi) is 6.15. The number of halogens is 1. The van der Waals surface area contributed by atoms with Crippen molar-refractivity contribution in [3.05, 3.63) is 28.2 Å². The van der Waals surface area contributed by atoms with Gasteiger partial charge >= 0.3 is 0 Å². The van der Waals surface area contributed by atoms with E-state index in [-0.39, 0.29) is 12.5 Å². The molecule has 5 heteroatoms. The summed E-state index contributed by atoms with van der Waals surface area (Å²) < 4.78 is 6.25. The van der Waals surface area contributed by atoms with E-state index in [0.717, 1.165) is 11.0 Å². The largest absolute Gasteiger partial charge is 0.483 e. The summed E-state index contributed by atoms with van der Waals surface area (Å²) in [5, 5.41) is 5.85. The predicted octanol–water partition coefficient (Wildman–Crippen LogP) is 2.07. The van der Waals surface area contributed by atoms with E-state index in [1.807, 2.05) is 18.2 Å². The van der Waals surface area contributed by atoms with Crippen LogP contribution in [0.4, 0.5) is 0 Å². The molecule has 0 saturated carbocycles. The molecule has 0 bridgehead atoms. The Balaban J connectivity index is 2.59. The first-order chi connectivity index (χ1) is 8.52. The van der Waals surface area contributed by atoms with E-state index in [2.05, 4.69) is 40.4 Å². The third kappa shape index (κ3) is 5.06. The number of benzene rings is 1. The van der Waals surface area contributed by atoms with Crippen molar-refractivity contribution in [2.24, 2.45) is 0 Å². The molecule has 1 aromatic carbocycles. The molecule has 18 heavy (non-hydrogen) atoms. The van der Waals surface area contributed by atoms with Crippen LogP contribution >= 0.6 is 15.9 Å². The van der Waals surface area contributed by atoms with Crippen molar-refractivity contribution in [3.63, 3.8) is 0 Å². The molecule has 4 nitrogen and oxygen atoms in total. The number of likely N-dealkylation sites (N-methyl/N-ethyl adjacent to an activating group) is 1. The van der Waals surface area contributed by atoms with Gasteiger partial charge < -0.3 is 15.4 Å². The number of carbonyl (C=O) groups is 1. The van der Waals surface area contributed by atoms with Crippen LogP contribution in [0.1, 0.15) is 19.4 Å². The van der Waals surface area contributed by atoms with Crippen molar-refractivity contribution < 1.29 is 9.53 Å². The number of hydrogen-bond donors (Lipinski definition) is 2. The van der Waals surface area contributed by atoms with Gasteiger partial charge in [0.25, 0.3) is 5.91 Å². The van der Waals surface area contributed by atoms with Gasteiger partial charge in [-0.25, -0.2) is 0 Å². The Morgan fingerprint density at radius 2 is 2.17 bits per heavy atom. The zero-order chi connectivity index (χ0) is 13.5. The number of nitrogens with one attached hydrogen (secondary N) is 2. The maximum atomic E-state index is 11.1. The predicted molar refractivity (Wildman–Crippen MR) is 75.7 cm³/mol. The highest BCUT2D eigenvalue weighted by Gasteiger charge is 2.05. The zero-order valence-electron chi connectivity index (χ0n) is 10.9. The lowest BCUT2D eigenvalue weighted by Gasteiger charge is -2.11. The molecule has 1 amide bonds. The van der Waals surface area contributed by atoms with Crippen molar-refractivity contribution in [2.75, 3.05) is 13.7 Å². The first kappa shape index (κ1) is 15.0. The summed E-state index contributed by atoms with van der Waals surface area (Å²) in [6, 6.07) is 6.30. The first-order valence-electron chi connectivity index (χ1n) is 5.88. The summed E-state index contributed by atoms with van der Waals surface area (Å²) in [5.41, 5.74) is 1.17. The second-order valence-electron chi connectivity index (χ2n) is 4.26. The van der Waals surface area contributed by atoms with E-state index >= 15 is 0 Å². The van der Waals surface area contributed by atoms with Gasteiger partial charge in [-0.05, 0) is 33.6 Å². The van der Waals surface area contributed by atoms with Gasteiger partial charge in [0.05, 0.1) is 4.47 Å². The number of hydrogen-bond acceptors (Lipinski definition) is 3. The molecule has 0 spiro atoms. The molecule has 0 aliphatic rings. The Morgan fingerprint density at radius 3 is 2.72 bits per heavy atom. The summed E-state index contributed by atoms with van der Waals surface area (Å²) in [5.74, 6) is 0.527. The molecule has 0 aromatic heterocycles. The Labute approximate surface area is 116 Å². The van der Waals surface area contributed by atoms with Gasteiger partial charge in [-0.2, -0.15) is 0 Å². The Morgan fingerprint density at radius 1 is 1.44 bits per heavy atom. The summed E-state index contributed by atoms with van der Waals surface area (Å²) in [6.45, 7) is 5.05. The third-order valence-corrected chi connectivity index (χ3v) is 2.97. The van der Waals surface area contributed by atoms with Crippen LogP contribution in [0.5, 0.6) is 5.75 Å². The highest BCUT2D eigenvalue weighted by Crippen LogP contribution is 2.25. The van der Waals surface area contributed by atoms with Crippen LogP contribution in [0, 0.1) is 0 Å². The fourth-order valence-electron chi connectivity index (χ4n) is 1.31. The minimum atomic E-state index is -0.146. The topological polar surface area (TPSA) is 50.4 Å². The molecule has 0 saturated heterocycles. The molecular formula is C13H19BrN2O2. The normalized spacial score (nSPS) is 10.5. The molecule has 0 unspecified atom stereocenters. The number of carbonyl (C=O) groups excluding carboxylic acids is 1. The fourth-order valence-corrected chi connectivity index (χ4v) is 1.85. The molecule has 2 N–H and O–H groups in total. The van der Waals surface area contributed by atoms with Gasteiger partial charge in [0.2, 0.25) is 0 Å². The van der Waals surface area contributed by atoms with Crippen molar-refractivity contribution in [2.45, 2.75) is 26.4 Å². The van der Waals surface area contributed by atoms with E-state index in [4.69, 9.17) is 4.74 Å². The molecule has 0 aliphatic heterocycles. The lowest BCUT2D eigenvalue weighted by Crippen LogP contribution is -2.25. The van der Waals surface area contributed by atoms with Gasteiger partial charge in [-0.1, -0.05) is 19.9 Å². The van der Waals surface area contributed by atoms with Crippen LogP contribution in [0.2, 0.25) is 0 Å².